The number of carbonyl (C=O) groups is 3. The third-order valence-corrected chi connectivity index (χ3v) is 8.30. The Morgan fingerprint density at radius 3 is 2.29 bits per heavy atom. The van der Waals surface area contributed by atoms with Crippen LogP contribution in [0.15, 0.2) is 88.7 Å². The molecule has 0 unspecified atom stereocenters. The summed E-state index contributed by atoms with van der Waals surface area (Å²) in [6.07, 6.45) is 0.0706. The summed E-state index contributed by atoms with van der Waals surface area (Å²) >= 11 is 1.37. The molecule has 0 fully saturated rings. The van der Waals surface area contributed by atoms with Gasteiger partial charge < -0.3 is 15.2 Å². The molecule has 3 aromatic rings. The van der Waals surface area contributed by atoms with E-state index in [1.54, 1.807) is 32.0 Å². The maximum Gasteiger partial charge on any atom is 0.338 e. The van der Waals surface area contributed by atoms with Crippen molar-refractivity contribution in [2.45, 2.75) is 32.1 Å². The van der Waals surface area contributed by atoms with Gasteiger partial charge in [0.25, 0.3) is 0 Å². The molecule has 0 bridgehead atoms. The lowest BCUT2D eigenvalue weighted by Crippen LogP contribution is -2.46. The van der Waals surface area contributed by atoms with Gasteiger partial charge >= 0.3 is 11.9 Å². The van der Waals surface area contributed by atoms with Crippen LogP contribution in [0.5, 0.6) is 0 Å². The van der Waals surface area contributed by atoms with Crippen LogP contribution in [0.1, 0.15) is 42.5 Å². The van der Waals surface area contributed by atoms with E-state index in [2.05, 4.69) is 0 Å². The summed E-state index contributed by atoms with van der Waals surface area (Å²) < 4.78 is 41.5. The SMILES string of the molecule is CCOC(=O)C1=C(N)N(c2ccccc2F)C2=C(C(=O)[C@H](C(=O)OCC)[C@H](c3cccs3)C2)[C@@H]1c1ccccc1F. The van der Waals surface area contributed by atoms with Crippen LogP contribution in [0.2, 0.25) is 0 Å². The van der Waals surface area contributed by atoms with Crippen LogP contribution in [0.25, 0.3) is 0 Å². The van der Waals surface area contributed by atoms with Gasteiger partial charge in [0, 0.05) is 27.6 Å². The monoisotopic (exact) mass is 578 g/mol. The lowest BCUT2D eigenvalue weighted by atomic mass is 9.68. The fourth-order valence-corrected chi connectivity index (χ4v) is 6.50. The van der Waals surface area contributed by atoms with Crippen LogP contribution in [-0.4, -0.2) is 30.9 Å². The van der Waals surface area contributed by atoms with Crippen molar-refractivity contribution in [3.8, 4) is 0 Å². The zero-order valence-electron chi connectivity index (χ0n) is 22.4. The van der Waals surface area contributed by atoms with Crippen LogP contribution in [0, 0.1) is 17.6 Å². The van der Waals surface area contributed by atoms with Gasteiger partial charge in [-0.2, -0.15) is 0 Å². The van der Waals surface area contributed by atoms with Crippen molar-refractivity contribution in [1.29, 1.82) is 0 Å². The van der Waals surface area contributed by atoms with Gasteiger partial charge in [-0.3, -0.25) is 14.5 Å². The molecule has 3 atom stereocenters. The summed E-state index contributed by atoms with van der Waals surface area (Å²) in [6, 6.07) is 15.2. The summed E-state index contributed by atoms with van der Waals surface area (Å²) in [5.74, 6) is -7.01. The standard InChI is InChI=1S/C31H28F2N2O5S/c1-3-39-30(37)25-18(23-14-9-15-41-23)16-22-26(28(25)36)24(17-10-5-6-11-19(17)32)27(31(38)40-4-2)29(34)35(22)21-13-8-7-12-20(21)33/h5-15,18,24-25H,3-4,16,34H2,1-2H3/t18-,24-,25+/m0/s1. The number of ether oxygens (including phenoxy) is 2. The van der Waals surface area contributed by atoms with E-state index in [-0.39, 0.29) is 53.5 Å². The van der Waals surface area contributed by atoms with E-state index in [1.165, 1.54) is 52.6 Å². The number of hydrogen-bond donors (Lipinski definition) is 1. The molecule has 0 amide bonds. The minimum absolute atomic E-state index is 0.00130. The summed E-state index contributed by atoms with van der Waals surface area (Å²) in [5, 5.41) is 1.83. The summed E-state index contributed by atoms with van der Waals surface area (Å²) in [4.78, 5) is 43.5. The Kier molecular flexibility index (Phi) is 8.03. The number of anilines is 1. The molecule has 7 nitrogen and oxygen atoms in total. The Hall–Kier alpha value is -4.31. The highest BCUT2D eigenvalue weighted by Crippen LogP contribution is 2.52. The molecule has 1 aliphatic heterocycles. The number of carbonyl (C=O) groups excluding carboxylic acids is 3. The van der Waals surface area contributed by atoms with E-state index in [4.69, 9.17) is 15.2 Å². The number of hydrogen-bond acceptors (Lipinski definition) is 8. The predicted molar refractivity (Wildman–Crippen MR) is 150 cm³/mol. The minimum atomic E-state index is -1.30. The number of Topliss-reactive ketones (excluding diaryl/α,β-unsaturated/α-hetero) is 1. The molecular formula is C31H28F2N2O5S. The third kappa shape index (κ3) is 4.93. The Labute approximate surface area is 239 Å². The number of benzene rings is 2. The fraction of sp³-hybridized carbons (Fsp3) is 0.258. The Bertz CT molecular complexity index is 1570. The Morgan fingerprint density at radius 2 is 1.66 bits per heavy atom. The lowest BCUT2D eigenvalue weighted by molar-refractivity contribution is -0.152. The molecule has 2 aliphatic rings. The van der Waals surface area contributed by atoms with Crippen molar-refractivity contribution in [3.63, 3.8) is 0 Å². The highest BCUT2D eigenvalue weighted by atomic mass is 32.1. The van der Waals surface area contributed by atoms with Crippen molar-refractivity contribution in [3.05, 3.63) is 111 Å². The fourth-order valence-electron chi connectivity index (χ4n) is 5.64. The number of allylic oxidation sites excluding steroid dienone is 2. The van der Waals surface area contributed by atoms with E-state index in [0.717, 1.165) is 4.88 Å². The number of thiophene rings is 1. The van der Waals surface area contributed by atoms with Crippen molar-refractivity contribution in [2.75, 3.05) is 18.1 Å². The zero-order valence-corrected chi connectivity index (χ0v) is 23.3. The van der Waals surface area contributed by atoms with Crippen molar-refractivity contribution in [2.24, 2.45) is 11.7 Å². The summed E-state index contributed by atoms with van der Waals surface area (Å²) in [7, 11) is 0. The second-order valence-corrected chi connectivity index (χ2v) is 10.5. The first kappa shape index (κ1) is 28.2. The smallest absolute Gasteiger partial charge is 0.338 e. The molecule has 1 aliphatic carbocycles. The molecule has 212 valence electrons. The number of ketones is 1. The number of nitrogens with two attached hydrogens (primary N) is 1. The lowest BCUT2D eigenvalue weighted by Gasteiger charge is -2.43. The highest BCUT2D eigenvalue weighted by molar-refractivity contribution is 7.10. The van der Waals surface area contributed by atoms with Crippen LogP contribution < -0.4 is 10.6 Å². The number of nitrogens with zero attached hydrogens (tertiary/aromatic N) is 1. The maximum absolute atomic E-state index is 15.5. The van der Waals surface area contributed by atoms with Crippen molar-refractivity contribution >= 4 is 34.7 Å². The van der Waals surface area contributed by atoms with Gasteiger partial charge in [0.1, 0.15) is 23.4 Å². The average molecular weight is 579 g/mol. The third-order valence-electron chi connectivity index (χ3n) is 7.29. The average Bonchev–Trinajstić information content (AvgIpc) is 3.49. The molecular weight excluding hydrogens is 550 g/mol. The number of rotatable bonds is 7. The van der Waals surface area contributed by atoms with E-state index in [1.807, 2.05) is 11.4 Å². The molecule has 0 spiro atoms. The van der Waals surface area contributed by atoms with Gasteiger partial charge in [-0.1, -0.05) is 36.4 Å². The topological polar surface area (TPSA) is 98.9 Å². The second-order valence-electron chi connectivity index (χ2n) is 9.54. The largest absolute Gasteiger partial charge is 0.465 e. The first-order valence-electron chi connectivity index (χ1n) is 13.2. The number of halogens is 2. The van der Waals surface area contributed by atoms with Gasteiger partial charge in [-0.25, -0.2) is 13.6 Å². The van der Waals surface area contributed by atoms with E-state index in [0.29, 0.717) is 0 Å². The van der Waals surface area contributed by atoms with Gasteiger partial charge in [0.05, 0.1) is 30.4 Å². The predicted octanol–water partition coefficient (Wildman–Crippen LogP) is 5.55. The maximum atomic E-state index is 15.5. The minimum Gasteiger partial charge on any atom is -0.465 e. The second kappa shape index (κ2) is 11.7. The van der Waals surface area contributed by atoms with E-state index < -0.39 is 47.1 Å². The number of esters is 2. The number of para-hydroxylation sites is 1. The molecule has 2 aromatic carbocycles. The Morgan fingerprint density at radius 1 is 0.976 bits per heavy atom. The molecule has 5 rings (SSSR count). The molecule has 1 aromatic heterocycles. The van der Waals surface area contributed by atoms with Gasteiger partial charge in [0.2, 0.25) is 0 Å². The molecule has 2 N–H and O–H groups in total. The van der Waals surface area contributed by atoms with E-state index in [9.17, 15) is 14.4 Å². The van der Waals surface area contributed by atoms with Crippen LogP contribution in [-0.2, 0) is 23.9 Å². The van der Waals surface area contributed by atoms with Gasteiger partial charge in [-0.15, -0.1) is 11.3 Å². The molecule has 2 heterocycles. The van der Waals surface area contributed by atoms with Crippen molar-refractivity contribution < 1.29 is 32.6 Å². The van der Waals surface area contributed by atoms with Crippen LogP contribution in [0.3, 0.4) is 0 Å². The zero-order chi connectivity index (χ0) is 29.3. The first-order valence-corrected chi connectivity index (χ1v) is 14.1. The van der Waals surface area contributed by atoms with Gasteiger partial charge in [-0.05, 0) is 49.9 Å². The molecule has 0 saturated heterocycles. The molecule has 10 heteroatoms. The highest BCUT2D eigenvalue weighted by Gasteiger charge is 2.52. The van der Waals surface area contributed by atoms with E-state index >= 15 is 8.78 Å². The molecule has 41 heavy (non-hydrogen) atoms. The molecule has 0 radical (unpaired) electrons. The Balaban J connectivity index is 1.84. The summed E-state index contributed by atoms with van der Waals surface area (Å²) in [6.45, 7) is 3.26. The normalized spacial score (nSPS) is 20.6. The summed E-state index contributed by atoms with van der Waals surface area (Å²) in [5.41, 5.74) is 6.71. The quantitative estimate of drug-likeness (QED) is 0.290. The van der Waals surface area contributed by atoms with Crippen LogP contribution >= 0.6 is 11.3 Å². The van der Waals surface area contributed by atoms with Crippen molar-refractivity contribution in [1.82, 2.24) is 0 Å². The van der Waals surface area contributed by atoms with Crippen LogP contribution in [0.4, 0.5) is 14.5 Å². The van der Waals surface area contributed by atoms with Gasteiger partial charge in [0.15, 0.2) is 5.78 Å². The first-order chi connectivity index (χ1) is 19.8. The molecule has 0 saturated carbocycles.